The zero-order chi connectivity index (χ0) is 54.6. The first-order valence-electron chi connectivity index (χ1n) is 20.7. The van der Waals surface area contributed by atoms with Crippen molar-refractivity contribution in [2.75, 3.05) is 78.2 Å². The smallest absolute Gasteiger partial charge is 0.355 e. The Morgan fingerprint density at radius 2 is 1.66 bits per heavy atom. The van der Waals surface area contributed by atoms with Crippen LogP contribution in [0.5, 0.6) is 5.75 Å². The van der Waals surface area contributed by atoms with Crippen LogP contribution in [0.2, 0.25) is 10.0 Å². The first-order valence-corrected chi connectivity index (χ1v) is 28.9. The molecule has 4 N–H and O–H groups in total. The molecule has 1 aliphatic heterocycles. The first-order chi connectivity index (χ1) is 32.9. The number of nitrogens with zero attached hydrogens (tertiary/aromatic N) is 5. The lowest BCUT2D eigenvalue weighted by Gasteiger charge is -2.35. The van der Waals surface area contributed by atoms with Crippen molar-refractivity contribution in [2.45, 2.75) is 58.5 Å². The maximum Gasteiger partial charge on any atom is 0.355 e. The van der Waals surface area contributed by atoms with Gasteiger partial charge in [-0.15, -0.1) is 16.7 Å². The molecule has 2 unspecified atom stereocenters. The van der Waals surface area contributed by atoms with Crippen molar-refractivity contribution in [3.63, 3.8) is 0 Å². The highest BCUT2D eigenvalue weighted by molar-refractivity contribution is 7.94. The van der Waals surface area contributed by atoms with Crippen LogP contribution in [0.4, 0.5) is 25.8 Å². The number of ether oxygens (including phenoxy) is 2. The van der Waals surface area contributed by atoms with Gasteiger partial charge in [0.25, 0.3) is 5.91 Å². The van der Waals surface area contributed by atoms with Crippen molar-refractivity contribution in [3.8, 4) is 11.4 Å². The fourth-order valence-corrected chi connectivity index (χ4v) is 7.67. The average molecular weight is 1160 g/mol. The molecule has 71 heavy (non-hydrogen) atoms. The Morgan fingerprint density at radius 1 is 1.06 bits per heavy atom. The summed E-state index contributed by atoms with van der Waals surface area (Å²) in [5.41, 5.74) is 2.57. The van der Waals surface area contributed by atoms with E-state index in [1.807, 2.05) is 68.6 Å². The third-order valence-corrected chi connectivity index (χ3v) is 11.0. The van der Waals surface area contributed by atoms with Crippen LogP contribution >= 0.6 is 65.6 Å². The number of aliphatic carboxylic acids is 1. The number of halogens is 7. The number of rotatable bonds is 15. The van der Waals surface area contributed by atoms with Crippen molar-refractivity contribution in [2.24, 2.45) is 0 Å². The number of sulfonamides is 1. The number of fused-ring (bicyclic) bond motifs is 1. The van der Waals surface area contributed by atoms with Gasteiger partial charge in [0.15, 0.2) is 4.84 Å². The summed E-state index contributed by atoms with van der Waals surface area (Å²) in [7, 11) is -7.36. The van der Waals surface area contributed by atoms with Crippen LogP contribution in [0.3, 0.4) is 0 Å². The van der Waals surface area contributed by atoms with Crippen LogP contribution in [-0.2, 0) is 51.0 Å². The molecule has 1 aliphatic rings. The van der Waals surface area contributed by atoms with Gasteiger partial charge in [0, 0.05) is 6.61 Å². The second-order valence-electron chi connectivity index (χ2n) is 15.0. The van der Waals surface area contributed by atoms with Gasteiger partial charge in [-0.05, 0) is 80.4 Å². The van der Waals surface area contributed by atoms with Gasteiger partial charge in [0.05, 0.1) is 76.7 Å². The number of nitrogens with one attached hydrogen (secondary N) is 2. The number of para-hydroxylation sites is 3. The molecule has 19 nitrogen and oxygen atoms in total. The summed E-state index contributed by atoms with van der Waals surface area (Å²) in [4.78, 5) is 65.8. The van der Waals surface area contributed by atoms with Crippen molar-refractivity contribution in [1.82, 2.24) is 19.7 Å². The number of hydrogen-bond donors (Lipinski definition) is 4. The minimum absolute atomic E-state index is 0.0257. The summed E-state index contributed by atoms with van der Waals surface area (Å²) < 4.78 is 72.1. The molecule has 2 heterocycles. The monoisotopic (exact) mass is 1160 g/mol. The lowest BCUT2D eigenvalue weighted by atomic mass is 10.0. The maximum absolute atomic E-state index is 12.8. The summed E-state index contributed by atoms with van der Waals surface area (Å²) in [5, 5.41) is 13.6. The van der Waals surface area contributed by atoms with Gasteiger partial charge < -0.3 is 33.8 Å². The summed E-state index contributed by atoms with van der Waals surface area (Å²) in [5.74, 6) is -1.20. The van der Waals surface area contributed by atoms with Crippen LogP contribution in [0, 0.1) is 13.8 Å². The molecule has 4 aromatic rings. The van der Waals surface area contributed by atoms with Gasteiger partial charge in [-0.25, -0.2) is 17.8 Å². The number of anilines is 3. The number of carbonyl (C=O) groups is 3. The van der Waals surface area contributed by atoms with Gasteiger partial charge >= 0.3 is 18.2 Å². The fourth-order valence-electron chi connectivity index (χ4n) is 5.79. The van der Waals surface area contributed by atoms with Crippen LogP contribution < -0.4 is 35.2 Å². The number of alkyl halides is 5. The molecule has 398 valence electrons. The summed E-state index contributed by atoms with van der Waals surface area (Å²) in [6, 6.07) is 15.6. The average Bonchev–Trinajstić information content (AvgIpc) is 3.56. The van der Waals surface area contributed by atoms with Crippen molar-refractivity contribution >= 4 is 121 Å². The van der Waals surface area contributed by atoms with Crippen LogP contribution in [-0.4, -0.2) is 125 Å². The molecule has 0 saturated carbocycles. The van der Waals surface area contributed by atoms with Gasteiger partial charge in [-0.2, -0.15) is 13.5 Å². The zero-order valence-electron chi connectivity index (χ0n) is 40.0. The number of amides is 2. The molecular formula is C42H57Cl5F2N7O12PS2. The molecule has 0 aliphatic carbocycles. The van der Waals surface area contributed by atoms with E-state index in [1.54, 1.807) is 9.80 Å². The quantitative estimate of drug-likeness (QED) is 0.0414. The Hall–Kier alpha value is -3.71. The molecule has 29 heteroatoms. The van der Waals surface area contributed by atoms with Crippen molar-refractivity contribution in [3.05, 3.63) is 92.1 Å². The number of carbonyl (C=O) groups excluding carboxylic acids is 2. The number of carboxylic acid groups (broad SMARTS) is 1. The Balaban J connectivity index is 0.000000476. The number of benzene rings is 3. The number of aryl methyl sites for hydroxylation is 3. The molecule has 5 rings (SSSR count). The highest BCUT2D eigenvalue weighted by Gasteiger charge is 2.32. The van der Waals surface area contributed by atoms with E-state index in [2.05, 4.69) is 35.5 Å². The minimum atomic E-state index is -4.35. The van der Waals surface area contributed by atoms with Crippen molar-refractivity contribution in [1.29, 1.82) is 0 Å². The normalized spacial score (nSPS) is 13.6. The SMILES string of the molecule is CC1COc2ccccc2N1C(=O)C(Cl)Cl.CCOCN(C(=O)CCl)c1c(C)cccc1CC.C[S+](C)C.Cc1nn(-c2cc(NS(C)(=O)=O)c(Cl)cc2Cl)c(=O)n1C(F)F.O=C(O)CNCP(=O)([O-])O. The van der Waals surface area contributed by atoms with E-state index >= 15 is 0 Å². The number of aromatic nitrogens is 3. The third-order valence-electron chi connectivity index (χ3n) is 8.61. The minimum Gasteiger partial charge on any atom is -0.778 e. The van der Waals surface area contributed by atoms with E-state index in [9.17, 15) is 45.8 Å². The second kappa shape index (κ2) is 31.1. The summed E-state index contributed by atoms with van der Waals surface area (Å²) >= 11 is 28.8. The molecule has 0 saturated heterocycles. The second-order valence-corrected chi connectivity index (χ2v) is 23.0. The Labute approximate surface area is 439 Å². The van der Waals surface area contributed by atoms with E-state index in [0.29, 0.717) is 34.5 Å². The summed E-state index contributed by atoms with van der Waals surface area (Å²) in [6.45, 7) is 6.80. The van der Waals surface area contributed by atoms with Gasteiger partial charge in [-0.3, -0.25) is 29.3 Å². The predicted octanol–water partition coefficient (Wildman–Crippen LogP) is 6.80. The highest BCUT2D eigenvalue weighted by atomic mass is 35.5. The standard InChI is InChI=1S/C14H20ClNO2.C11H10Cl2F2N4O3S.C11H11Cl2NO2.C3H8NO5P.C3H9S/c1-4-12-8-6-7-11(3)14(12)16(10-18-5-2)13(17)9-15;1-5-16-19(11(20)18(5)10(14)15)9-4-8(17-23(2,21)22)6(12)3-7(9)13;1-7-6-16-9-5-3-2-4-8(9)14(7)11(15)10(12)13;5-3(6)1-4-2-10(7,8)9;1-4(2)3/h6-8H,4-5,9-10H2,1-3H3;3-4,10,17H,1-2H3;2-5,7,10H,6H2,1H3;4H,1-2H2,(H,5,6)(H2,7,8,9);1-3H3/q;;;;+1/p-1. The fraction of sp³-hybridized carbons (Fsp3) is 0.452. The third kappa shape index (κ3) is 22.5. The van der Waals surface area contributed by atoms with E-state index in [0.717, 1.165) is 41.2 Å². The van der Waals surface area contributed by atoms with Crippen LogP contribution in [0.1, 0.15) is 44.3 Å². The Bertz CT molecular complexity index is 2610. The molecule has 0 fully saturated rings. The maximum atomic E-state index is 12.8. The van der Waals surface area contributed by atoms with Crippen molar-refractivity contribution < 1.29 is 60.5 Å². The molecule has 0 spiro atoms. The van der Waals surface area contributed by atoms with Gasteiger partial charge in [0.1, 0.15) is 38.4 Å². The van der Waals surface area contributed by atoms with Crippen LogP contribution in [0.15, 0.2) is 59.4 Å². The molecule has 0 bridgehead atoms. The zero-order valence-corrected chi connectivity index (χ0v) is 46.3. The Kier molecular flexibility index (Phi) is 28.6. The lowest BCUT2D eigenvalue weighted by molar-refractivity contribution is -0.193. The molecule has 2 amide bonds. The van der Waals surface area contributed by atoms with E-state index in [4.69, 9.17) is 77.5 Å². The lowest BCUT2D eigenvalue weighted by Crippen LogP contribution is -2.47. The highest BCUT2D eigenvalue weighted by Crippen LogP contribution is 2.35. The van der Waals surface area contributed by atoms with E-state index in [-0.39, 0.29) is 62.3 Å². The van der Waals surface area contributed by atoms with Gasteiger partial charge in [-0.1, -0.05) is 83.7 Å². The number of carboxylic acids is 1. The summed E-state index contributed by atoms with van der Waals surface area (Å²) in [6.07, 6.45) is 7.65. The molecule has 0 radical (unpaired) electrons. The van der Waals surface area contributed by atoms with Crippen LogP contribution in [0.25, 0.3) is 5.69 Å². The molecule has 1 aromatic heterocycles. The molecule has 3 aromatic carbocycles. The molecular weight excluding hydrogens is 1100 g/mol. The number of hydrogen-bond acceptors (Lipinski definition) is 12. The van der Waals surface area contributed by atoms with E-state index in [1.165, 1.54) is 13.0 Å². The largest absolute Gasteiger partial charge is 0.778 e. The first kappa shape index (κ1) is 65.3. The topological polar surface area (TPSA) is 255 Å². The Morgan fingerprint density at radius 3 is 2.15 bits per heavy atom. The van der Waals surface area contributed by atoms with E-state index < -0.39 is 53.5 Å². The predicted molar refractivity (Wildman–Crippen MR) is 277 cm³/mol. The van der Waals surface area contributed by atoms with Gasteiger partial charge in [0.2, 0.25) is 15.9 Å². The molecule has 2 atom stereocenters.